The van der Waals surface area contributed by atoms with Gasteiger partial charge < -0.3 is 15.4 Å². The molecule has 0 bridgehead atoms. The number of rotatable bonds is 3. The van der Waals surface area contributed by atoms with Gasteiger partial charge in [-0.15, -0.1) is 0 Å². The molecule has 0 aliphatic heterocycles. The van der Waals surface area contributed by atoms with Crippen molar-refractivity contribution < 1.29 is 5.11 Å². The normalized spacial score (nSPS) is 12.4. The second kappa shape index (κ2) is 7.01. The van der Waals surface area contributed by atoms with Crippen LogP contribution < -0.4 is 10.7 Å². The highest BCUT2D eigenvalue weighted by atomic mass is 16.3. The first kappa shape index (κ1) is 20.0. The van der Waals surface area contributed by atoms with Crippen LogP contribution in [0.1, 0.15) is 58.2 Å². The molecule has 0 spiro atoms. The first-order chi connectivity index (χ1) is 13.0. The van der Waals surface area contributed by atoms with Crippen LogP contribution in [0.2, 0.25) is 0 Å². The van der Waals surface area contributed by atoms with Gasteiger partial charge >= 0.3 is 0 Å². The number of aromatic amines is 1. The second-order valence-corrected chi connectivity index (χ2v) is 9.46. The van der Waals surface area contributed by atoms with Crippen molar-refractivity contribution in [2.75, 3.05) is 5.32 Å². The van der Waals surface area contributed by atoms with Crippen molar-refractivity contribution in [2.24, 2.45) is 0 Å². The SMILES string of the molecule is CC(C)(C)c1cc(C(C)(C)C)c(NCc2c[nH]c3ccccc3c2=O)cc1O. The van der Waals surface area contributed by atoms with E-state index < -0.39 is 0 Å². The molecule has 3 aromatic rings. The van der Waals surface area contributed by atoms with E-state index in [1.165, 1.54) is 0 Å². The van der Waals surface area contributed by atoms with Crippen molar-refractivity contribution in [3.63, 3.8) is 0 Å². The smallest absolute Gasteiger partial charge is 0.194 e. The highest BCUT2D eigenvalue weighted by molar-refractivity contribution is 5.78. The lowest BCUT2D eigenvalue weighted by Crippen LogP contribution is -2.20. The van der Waals surface area contributed by atoms with Gasteiger partial charge in [-0.1, -0.05) is 53.7 Å². The molecule has 3 rings (SSSR count). The van der Waals surface area contributed by atoms with E-state index in [2.05, 4.69) is 57.9 Å². The van der Waals surface area contributed by atoms with Crippen LogP contribution in [0.15, 0.2) is 47.4 Å². The van der Waals surface area contributed by atoms with Crippen molar-refractivity contribution in [3.05, 3.63) is 69.5 Å². The number of benzene rings is 2. The van der Waals surface area contributed by atoms with Crippen molar-refractivity contribution in [1.82, 2.24) is 4.98 Å². The molecular formula is C24H30N2O2. The van der Waals surface area contributed by atoms with E-state index in [1.807, 2.05) is 24.3 Å². The Morgan fingerprint density at radius 3 is 2.25 bits per heavy atom. The molecular weight excluding hydrogens is 348 g/mol. The Kier molecular flexibility index (Phi) is 5.00. The second-order valence-electron chi connectivity index (χ2n) is 9.46. The molecule has 3 N–H and O–H groups in total. The third kappa shape index (κ3) is 3.91. The highest BCUT2D eigenvalue weighted by Gasteiger charge is 2.25. The van der Waals surface area contributed by atoms with Crippen LogP contribution in [-0.2, 0) is 17.4 Å². The van der Waals surface area contributed by atoms with Gasteiger partial charge in [-0.3, -0.25) is 4.79 Å². The predicted molar refractivity (Wildman–Crippen MR) is 117 cm³/mol. The number of phenols is 1. The minimum absolute atomic E-state index is 0.0229. The van der Waals surface area contributed by atoms with Crippen molar-refractivity contribution in [1.29, 1.82) is 0 Å². The molecule has 0 amide bonds. The van der Waals surface area contributed by atoms with Gasteiger partial charge in [0.05, 0.1) is 0 Å². The monoisotopic (exact) mass is 378 g/mol. The number of phenolic OH excluding ortho intramolecular Hbond substituents is 1. The number of aromatic hydroxyl groups is 1. The van der Waals surface area contributed by atoms with Gasteiger partial charge in [-0.25, -0.2) is 0 Å². The molecule has 4 heteroatoms. The number of para-hydroxylation sites is 1. The maximum atomic E-state index is 12.8. The molecule has 4 nitrogen and oxygen atoms in total. The fourth-order valence-electron chi connectivity index (χ4n) is 3.49. The molecule has 148 valence electrons. The van der Waals surface area contributed by atoms with Crippen LogP contribution in [0.4, 0.5) is 5.69 Å². The van der Waals surface area contributed by atoms with Crippen LogP contribution in [0.5, 0.6) is 5.75 Å². The van der Waals surface area contributed by atoms with E-state index in [0.29, 0.717) is 17.5 Å². The zero-order valence-corrected chi connectivity index (χ0v) is 17.6. The van der Waals surface area contributed by atoms with E-state index in [1.54, 1.807) is 12.3 Å². The first-order valence-electron chi connectivity index (χ1n) is 9.69. The lowest BCUT2D eigenvalue weighted by molar-refractivity contribution is 0.445. The van der Waals surface area contributed by atoms with E-state index in [9.17, 15) is 9.90 Å². The third-order valence-electron chi connectivity index (χ3n) is 5.09. The summed E-state index contributed by atoms with van der Waals surface area (Å²) in [6.07, 6.45) is 1.76. The van der Waals surface area contributed by atoms with Crippen LogP contribution >= 0.6 is 0 Å². The van der Waals surface area contributed by atoms with Gasteiger partial charge in [0.25, 0.3) is 0 Å². The third-order valence-corrected chi connectivity index (χ3v) is 5.09. The van der Waals surface area contributed by atoms with Gasteiger partial charge in [0.15, 0.2) is 5.43 Å². The molecule has 0 fully saturated rings. The minimum Gasteiger partial charge on any atom is -0.508 e. The Balaban J connectivity index is 2.00. The molecule has 2 aromatic carbocycles. The molecule has 0 atom stereocenters. The number of nitrogens with one attached hydrogen (secondary N) is 2. The lowest BCUT2D eigenvalue weighted by atomic mass is 9.79. The number of anilines is 1. The average molecular weight is 379 g/mol. The summed E-state index contributed by atoms with van der Waals surface area (Å²) in [7, 11) is 0. The summed E-state index contributed by atoms with van der Waals surface area (Å²) in [5.74, 6) is 0.274. The van der Waals surface area contributed by atoms with Gasteiger partial charge in [-0.05, 0) is 40.2 Å². The summed E-state index contributed by atoms with van der Waals surface area (Å²) < 4.78 is 0. The summed E-state index contributed by atoms with van der Waals surface area (Å²) in [6, 6.07) is 11.4. The Bertz CT molecular complexity index is 1070. The number of pyridine rings is 1. The summed E-state index contributed by atoms with van der Waals surface area (Å²) in [5.41, 5.74) is 4.15. The average Bonchev–Trinajstić information content (AvgIpc) is 2.59. The van der Waals surface area contributed by atoms with Crippen LogP contribution in [0, 0.1) is 0 Å². The maximum absolute atomic E-state index is 12.8. The minimum atomic E-state index is -0.155. The zero-order valence-electron chi connectivity index (χ0n) is 17.6. The van der Waals surface area contributed by atoms with Crippen LogP contribution in [0.25, 0.3) is 10.9 Å². The van der Waals surface area contributed by atoms with Crippen molar-refractivity contribution in [3.8, 4) is 5.75 Å². The molecule has 0 radical (unpaired) electrons. The van der Waals surface area contributed by atoms with Gasteiger partial charge in [0.2, 0.25) is 0 Å². The molecule has 1 aromatic heterocycles. The molecule has 0 aliphatic rings. The summed E-state index contributed by atoms with van der Waals surface area (Å²) in [4.78, 5) is 16.0. The molecule has 0 saturated heterocycles. The maximum Gasteiger partial charge on any atom is 0.194 e. The Morgan fingerprint density at radius 2 is 1.61 bits per heavy atom. The quantitative estimate of drug-likeness (QED) is 0.568. The molecule has 1 heterocycles. The van der Waals surface area contributed by atoms with Gasteiger partial charge in [0.1, 0.15) is 5.75 Å². The molecule has 0 aliphatic carbocycles. The van der Waals surface area contributed by atoms with E-state index >= 15 is 0 Å². The Hall–Kier alpha value is -2.75. The van der Waals surface area contributed by atoms with E-state index in [-0.39, 0.29) is 22.0 Å². The van der Waals surface area contributed by atoms with Gasteiger partial charge in [0, 0.05) is 41.0 Å². The number of aromatic nitrogens is 1. The topological polar surface area (TPSA) is 65.1 Å². The fourth-order valence-corrected chi connectivity index (χ4v) is 3.49. The zero-order chi connectivity index (χ0) is 20.7. The first-order valence-corrected chi connectivity index (χ1v) is 9.69. The van der Waals surface area contributed by atoms with E-state index in [4.69, 9.17) is 0 Å². The molecule has 0 unspecified atom stereocenters. The highest BCUT2D eigenvalue weighted by Crippen LogP contribution is 2.39. The van der Waals surface area contributed by atoms with Gasteiger partial charge in [-0.2, -0.15) is 0 Å². The number of fused-ring (bicyclic) bond motifs is 1. The fraction of sp³-hybridized carbons (Fsp3) is 0.375. The van der Waals surface area contributed by atoms with E-state index in [0.717, 1.165) is 22.3 Å². The predicted octanol–water partition coefficient (Wildman–Crippen LogP) is 5.44. The Labute approximate surface area is 166 Å². The van der Waals surface area contributed by atoms with Crippen LogP contribution in [0.3, 0.4) is 0 Å². The Morgan fingerprint density at radius 1 is 0.964 bits per heavy atom. The number of hydrogen-bond donors (Lipinski definition) is 3. The standard InChI is InChI=1S/C24H30N2O2/c1-23(2,3)17-11-18(24(4,5)6)21(27)12-20(17)26-14-15-13-25-19-10-8-7-9-16(19)22(15)28/h7-13,26-27H,14H2,1-6H3,(H,25,28). The van der Waals surface area contributed by atoms with Crippen LogP contribution in [-0.4, -0.2) is 10.1 Å². The molecule has 28 heavy (non-hydrogen) atoms. The van der Waals surface area contributed by atoms with Crippen molar-refractivity contribution >= 4 is 16.6 Å². The lowest BCUT2D eigenvalue weighted by Gasteiger charge is -2.28. The number of H-pyrrole nitrogens is 1. The summed E-state index contributed by atoms with van der Waals surface area (Å²) >= 11 is 0. The van der Waals surface area contributed by atoms with Crippen molar-refractivity contribution in [2.45, 2.75) is 58.9 Å². The number of hydrogen-bond acceptors (Lipinski definition) is 3. The summed E-state index contributed by atoms with van der Waals surface area (Å²) in [5, 5.41) is 14.7. The largest absolute Gasteiger partial charge is 0.508 e. The summed E-state index contributed by atoms with van der Waals surface area (Å²) in [6.45, 7) is 13.1. The molecule has 0 saturated carbocycles.